The predicted molar refractivity (Wildman–Crippen MR) is 91.8 cm³/mol. The van der Waals surface area contributed by atoms with Crippen molar-refractivity contribution in [2.24, 2.45) is 17.3 Å². The average molecular weight is 304 g/mol. The fraction of sp³-hybridized carbons (Fsp3) is 0.579. The highest BCUT2D eigenvalue weighted by atomic mass is 32.1. The Hall–Kier alpha value is -1.02. The van der Waals surface area contributed by atoms with Gasteiger partial charge in [0, 0.05) is 6.42 Å². The number of furan rings is 1. The van der Waals surface area contributed by atoms with Crippen LogP contribution in [0.3, 0.4) is 0 Å². The van der Waals surface area contributed by atoms with Gasteiger partial charge in [0.1, 0.15) is 5.76 Å². The lowest BCUT2D eigenvalue weighted by atomic mass is 9.65. The molecule has 0 saturated carbocycles. The topological polar surface area (TPSA) is 13.1 Å². The van der Waals surface area contributed by atoms with Gasteiger partial charge in [-0.3, -0.25) is 0 Å². The van der Waals surface area contributed by atoms with Crippen LogP contribution in [0, 0.1) is 17.3 Å². The second kappa shape index (κ2) is 7.31. The fourth-order valence-corrected chi connectivity index (χ4v) is 3.87. The molecular weight excluding hydrogens is 276 g/mol. The first-order valence-corrected chi connectivity index (χ1v) is 9.01. The van der Waals surface area contributed by atoms with E-state index in [9.17, 15) is 0 Å². The Morgan fingerprint density at radius 2 is 2.05 bits per heavy atom. The first kappa shape index (κ1) is 16.4. The van der Waals surface area contributed by atoms with Crippen LogP contribution >= 0.6 is 11.3 Å². The molecule has 2 aromatic heterocycles. The van der Waals surface area contributed by atoms with Gasteiger partial charge in [0.15, 0.2) is 0 Å². The quantitative estimate of drug-likeness (QED) is 0.565. The Balaban J connectivity index is 2.08. The molecule has 0 amide bonds. The molecule has 0 saturated heterocycles. The summed E-state index contributed by atoms with van der Waals surface area (Å²) in [5.41, 5.74) is 1.79. The summed E-state index contributed by atoms with van der Waals surface area (Å²) in [6.07, 6.45) is 6.53. The van der Waals surface area contributed by atoms with Gasteiger partial charge in [-0.25, -0.2) is 0 Å². The van der Waals surface area contributed by atoms with Crippen LogP contribution < -0.4 is 0 Å². The normalized spacial score (nSPS) is 15.0. The zero-order chi connectivity index (χ0) is 15.3. The van der Waals surface area contributed by atoms with E-state index < -0.39 is 0 Å². The summed E-state index contributed by atoms with van der Waals surface area (Å²) in [4.78, 5) is 0. The van der Waals surface area contributed by atoms with Crippen LogP contribution in [0.25, 0.3) is 0 Å². The molecule has 0 radical (unpaired) electrons. The molecule has 21 heavy (non-hydrogen) atoms. The van der Waals surface area contributed by atoms with Crippen LogP contribution in [-0.2, 0) is 12.8 Å². The SMILES string of the molecule is CCCC(Cc1ccco1)C(C)(C)C(C)Cc1ccsc1. The molecule has 0 aliphatic heterocycles. The highest BCUT2D eigenvalue weighted by Crippen LogP contribution is 2.41. The van der Waals surface area contributed by atoms with Gasteiger partial charge in [-0.2, -0.15) is 11.3 Å². The standard InChI is InChI=1S/C19H28OS/c1-5-7-17(13-18-8-6-10-20-18)19(3,4)15(2)12-16-9-11-21-14-16/h6,8-11,14-15,17H,5,7,12-13H2,1-4H3. The molecule has 2 atom stereocenters. The predicted octanol–water partition coefficient (Wildman–Crippen LogP) is 6.20. The van der Waals surface area contributed by atoms with Crippen LogP contribution in [0.2, 0.25) is 0 Å². The van der Waals surface area contributed by atoms with Crippen molar-refractivity contribution in [2.75, 3.05) is 0 Å². The molecule has 0 aliphatic carbocycles. The highest BCUT2D eigenvalue weighted by molar-refractivity contribution is 7.07. The molecule has 0 fully saturated rings. The van der Waals surface area contributed by atoms with Gasteiger partial charge < -0.3 is 4.42 Å². The van der Waals surface area contributed by atoms with Gasteiger partial charge in [-0.1, -0.05) is 34.1 Å². The molecule has 2 aromatic rings. The molecule has 2 heterocycles. The molecule has 0 aliphatic rings. The third kappa shape index (κ3) is 4.23. The minimum atomic E-state index is 0.310. The van der Waals surface area contributed by atoms with Crippen molar-refractivity contribution in [3.05, 3.63) is 46.5 Å². The molecule has 0 N–H and O–H groups in total. The van der Waals surface area contributed by atoms with E-state index in [2.05, 4.69) is 50.6 Å². The van der Waals surface area contributed by atoms with Crippen molar-refractivity contribution >= 4 is 11.3 Å². The highest BCUT2D eigenvalue weighted by Gasteiger charge is 2.34. The van der Waals surface area contributed by atoms with Gasteiger partial charge in [-0.05, 0) is 64.6 Å². The van der Waals surface area contributed by atoms with E-state index >= 15 is 0 Å². The van der Waals surface area contributed by atoms with Gasteiger partial charge >= 0.3 is 0 Å². The molecule has 116 valence electrons. The molecule has 2 heteroatoms. The summed E-state index contributed by atoms with van der Waals surface area (Å²) in [6.45, 7) is 9.57. The van der Waals surface area contributed by atoms with E-state index in [1.54, 1.807) is 17.6 Å². The summed E-state index contributed by atoms with van der Waals surface area (Å²) < 4.78 is 5.59. The van der Waals surface area contributed by atoms with Gasteiger partial charge in [0.05, 0.1) is 6.26 Å². The molecule has 2 unspecified atom stereocenters. The summed E-state index contributed by atoms with van der Waals surface area (Å²) in [6, 6.07) is 6.38. The largest absolute Gasteiger partial charge is 0.469 e. The van der Waals surface area contributed by atoms with Crippen molar-refractivity contribution < 1.29 is 4.42 Å². The van der Waals surface area contributed by atoms with E-state index in [0.717, 1.165) is 12.2 Å². The monoisotopic (exact) mass is 304 g/mol. The first-order valence-electron chi connectivity index (χ1n) is 8.07. The van der Waals surface area contributed by atoms with E-state index in [0.29, 0.717) is 17.3 Å². The van der Waals surface area contributed by atoms with Gasteiger partial charge in [-0.15, -0.1) is 0 Å². The van der Waals surface area contributed by atoms with E-state index in [1.165, 1.54) is 24.8 Å². The number of hydrogen-bond donors (Lipinski definition) is 0. The van der Waals surface area contributed by atoms with Crippen molar-refractivity contribution in [3.8, 4) is 0 Å². The third-order valence-electron chi connectivity index (χ3n) is 5.11. The maximum absolute atomic E-state index is 5.59. The second-order valence-corrected chi connectivity index (χ2v) is 7.61. The van der Waals surface area contributed by atoms with E-state index in [1.807, 2.05) is 6.07 Å². The lowest BCUT2D eigenvalue weighted by Gasteiger charge is -2.39. The smallest absolute Gasteiger partial charge is 0.104 e. The first-order chi connectivity index (χ1) is 10.0. The zero-order valence-corrected chi connectivity index (χ0v) is 14.6. The fourth-order valence-electron chi connectivity index (χ4n) is 3.18. The molecule has 0 spiro atoms. The number of hydrogen-bond acceptors (Lipinski definition) is 2. The number of rotatable bonds is 8. The Kier molecular flexibility index (Phi) is 5.69. The van der Waals surface area contributed by atoms with Crippen molar-refractivity contribution in [3.63, 3.8) is 0 Å². The van der Waals surface area contributed by atoms with Crippen LogP contribution in [0.4, 0.5) is 0 Å². The molecule has 2 rings (SSSR count). The minimum absolute atomic E-state index is 0.310. The lowest BCUT2D eigenvalue weighted by Crippen LogP contribution is -2.33. The summed E-state index contributed by atoms with van der Waals surface area (Å²) in [5, 5.41) is 4.47. The molecule has 0 aromatic carbocycles. The minimum Gasteiger partial charge on any atom is -0.469 e. The lowest BCUT2D eigenvalue weighted by molar-refractivity contribution is 0.111. The van der Waals surface area contributed by atoms with Crippen LogP contribution in [0.1, 0.15) is 51.9 Å². The Bertz CT molecular complexity index is 496. The van der Waals surface area contributed by atoms with E-state index in [-0.39, 0.29) is 0 Å². The van der Waals surface area contributed by atoms with Crippen molar-refractivity contribution in [2.45, 2.75) is 53.4 Å². The van der Waals surface area contributed by atoms with E-state index in [4.69, 9.17) is 4.42 Å². The van der Waals surface area contributed by atoms with Crippen molar-refractivity contribution in [1.29, 1.82) is 0 Å². The zero-order valence-electron chi connectivity index (χ0n) is 13.8. The van der Waals surface area contributed by atoms with Crippen LogP contribution in [0.5, 0.6) is 0 Å². The summed E-state index contributed by atoms with van der Waals surface area (Å²) >= 11 is 1.80. The maximum atomic E-state index is 5.59. The van der Waals surface area contributed by atoms with Crippen molar-refractivity contribution in [1.82, 2.24) is 0 Å². The number of thiophene rings is 1. The second-order valence-electron chi connectivity index (χ2n) is 6.83. The third-order valence-corrected chi connectivity index (χ3v) is 5.84. The Morgan fingerprint density at radius 1 is 1.24 bits per heavy atom. The van der Waals surface area contributed by atoms with Crippen LogP contribution in [-0.4, -0.2) is 0 Å². The molecule has 1 nitrogen and oxygen atoms in total. The Labute approximate surface area is 133 Å². The summed E-state index contributed by atoms with van der Waals surface area (Å²) in [7, 11) is 0. The van der Waals surface area contributed by atoms with Crippen LogP contribution in [0.15, 0.2) is 39.6 Å². The van der Waals surface area contributed by atoms with Gasteiger partial charge in [0.25, 0.3) is 0 Å². The average Bonchev–Trinajstić information content (AvgIpc) is 3.11. The molecular formula is C19H28OS. The van der Waals surface area contributed by atoms with Gasteiger partial charge in [0.2, 0.25) is 0 Å². The maximum Gasteiger partial charge on any atom is 0.104 e. The molecule has 0 bridgehead atoms. The summed E-state index contributed by atoms with van der Waals surface area (Å²) in [5.74, 6) is 2.46. The Morgan fingerprint density at radius 3 is 2.62 bits per heavy atom.